The van der Waals surface area contributed by atoms with Crippen LogP contribution in [0.4, 0.5) is 13.2 Å². The molecule has 0 radical (unpaired) electrons. The van der Waals surface area contributed by atoms with Crippen LogP contribution in [0.25, 0.3) is 6.08 Å². The molecule has 7 heteroatoms. The summed E-state index contributed by atoms with van der Waals surface area (Å²) in [6.45, 7) is 1.65. The number of Topliss-reactive ketones (excluding diaryl/α,β-unsaturated/α-hetero) is 1. The van der Waals surface area contributed by atoms with Crippen LogP contribution in [0, 0.1) is 0 Å². The fourth-order valence-corrected chi connectivity index (χ4v) is 1.92. The Morgan fingerprint density at radius 1 is 1.27 bits per heavy atom. The van der Waals surface area contributed by atoms with Crippen molar-refractivity contribution in [2.75, 3.05) is 7.11 Å². The molecule has 1 rings (SSSR count). The number of carbonyl (C=O) groups is 2. The number of thiol groups is 1. The highest BCUT2D eigenvalue weighted by molar-refractivity contribution is 7.82. The lowest BCUT2D eigenvalue weighted by Gasteiger charge is -2.08. The number of alkyl halides is 3. The fraction of sp³-hybridized carbons (Fsp3) is 0.333. The van der Waals surface area contributed by atoms with Gasteiger partial charge >= 0.3 is 12.1 Å². The highest BCUT2D eigenvalue weighted by atomic mass is 32.1. The molecule has 0 amide bonds. The van der Waals surface area contributed by atoms with Gasteiger partial charge in [-0.3, -0.25) is 9.59 Å². The number of esters is 1. The Morgan fingerprint density at radius 2 is 1.82 bits per heavy atom. The van der Waals surface area contributed by atoms with Crippen molar-refractivity contribution in [2.24, 2.45) is 0 Å². The molecule has 0 aromatic heterocycles. The summed E-state index contributed by atoms with van der Waals surface area (Å²) in [5, 5.41) is -1.17. The second kappa shape index (κ2) is 7.49. The zero-order valence-corrected chi connectivity index (χ0v) is 12.9. The maximum Gasteiger partial charge on any atom is 0.416 e. The number of ketones is 1. The van der Waals surface area contributed by atoms with E-state index in [1.165, 1.54) is 12.1 Å². The fourth-order valence-electron chi connectivity index (χ4n) is 1.72. The lowest BCUT2D eigenvalue weighted by Crippen LogP contribution is -2.25. The van der Waals surface area contributed by atoms with Gasteiger partial charge in [-0.2, -0.15) is 25.8 Å². The van der Waals surface area contributed by atoms with Crippen LogP contribution in [-0.4, -0.2) is 24.1 Å². The van der Waals surface area contributed by atoms with Gasteiger partial charge in [-0.15, -0.1) is 0 Å². The van der Waals surface area contributed by atoms with Crippen LogP contribution in [0.5, 0.6) is 0 Å². The van der Waals surface area contributed by atoms with Gasteiger partial charge in [-0.1, -0.05) is 23.8 Å². The van der Waals surface area contributed by atoms with Gasteiger partial charge in [0.05, 0.1) is 12.7 Å². The van der Waals surface area contributed by atoms with Gasteiger partial charge in [-0.05, 0) is 24.6 Å². The van der Waals surface area contributed by atoms with E-state index in [0.29, 0.717) is 11.1 Å². The van der Waals surface area contributed by atoms with E-state index in [2.05, 4.69) is 17.4 Å². The Kier molecular flexibility index (Phi) is 6.22. The highest BCUT2D eigenvalue weighted by Crippen LogP contribution is 2.29. The van der Waals surface area contributed by atoms with Gasteiger partial charge in [0, 0.05) is 6.42 Å². The van der Waals surface area contributed by atoms with Gasteiger partial charge in [0.1, 0.15) is 0 Å². The zero-order valence-electron chi connectivity index (χ0n) is 12.0. The van der Waals surface area contributed by atoms with Gasteiger partial charge in [0.15, 0.2) is 11.0 Å². The van der Waals surface area contributed by atoms with E-state index in [1.807, 2.05) is 0 Å². The predicted molar refractivity (Wildman–Crippen MR) is 79.5 cm³/mol. The van der Waals surface area contributed by atoms with Gasteiger partial charge in [-0.25, -0.2) is 0 Å². The van der Waals surface area contributed by atoms with Crippen molar-refractivity contribution in [3.8, 4) is 0 Å². The summed E-state index contributed by atoms with van der Waals surface area (Å²) in [5.41, 5.74) is 0.402. The van der Waals surface area contributed by atoms with Crippen LogP contribution >= 0.6 is 12.6 Å². The second-order valence-electron chi connectivity index (χ2n) is 4.68. The molecule has 120 valence electrons. The standard InChI is InChI=1S/C15H15F3O3S/c1-9(8-12(19)13(22)14(20)21-2)7-10-3-5-11(6-4-10)15(16,17)18/h3-7,13,22H,8H2,1-2H3/b9-7+. The third-order valence-corrected chi connectivity index (χ3v) is 3.33. The predicted octanol–water partition coefficient (Wildman–Crippen LogP) is 3.54. The first-order valence-corrected chi connectivity index (χ1v) is 6.80. The van der Waals surface area contributed by atoms with E-state index in [4.69, 9.17) is 0 Å². The lowest BCUT2D eigenvalue weighted by atomic mass is 10.0. The van der Waals surface area contributed by atoms with Crippen molar-refractivity contribution in [2.45, 2.75) is 24.8 Å². The molecule has 0 aliphatic carbocycles. The molecule has 0 bridgehead atoms. The van der Waals surface area contributed by atoms with Crippen molar-refractivity contribution >= 4 is 30.5 Å². The molecule has 0 N–H and O–H groups in total. The first-order chi connectivity index (χ1) is 10.1. The van der Waals surface area contributed by atoms with Crippen LogP contribution in [0.2, 0.25) is 0 Å². The van der Waals surface area contributed by atoms with Crippen molar-refractivity contribution in [3.05, 3.63) is 41.0 Å². The third-order valence-electron chi connectivity index (χ3n) is 2.83. The second-order valence-corrected chi connectivity index (χ2v) is 5.20. The topological polar surface area (TPSA) is 43.4 Å². The summed E-state index contributed by atoms with van der Waals surface area (Å²) < 4.78 is 41.7. The minimum absolute atomic E-state index is 0.0374. The van der Waals surface area contributed by atoms with E-state index in [9.17, 15) is 22.8 Å². The lowest BCUT2D eigenvalue weighted by molar-refractivity contribution is -0.142. The van der Waals surface area contributed by atoms with Crippen LogP contribution in [-0.2, 0) is 20.5 Å². The van der Waals surface area contributed by atoms with Crippen LogP contribution in [0.3, 0.4) is 0 Å². The molecule has 0 spiro atoms. The molecule has 0 saturated carbocycles. The number of halogens is 3. The van der Waals surface area contributed by atoms with Crippen LogP contribution in [0.1, 0.15) is 24.5 Å². The molecule has 1 unspecified atom stereocenters. The smallest absolute Gasteiger partial charge is 0.416 e. The Bertz CT molecular complexity index is 577. The Balaban J connectivity index is 2.77. The van der Waals surface area contributed by atoms with Crippen LogP contribution < -0.4 is 0 Å². The Hall–Kier alpha value is -1.76. The summed E-state index contributed by atoms with van der Waals surface area (Å²) in [6.07, 6.45) is -2.84. The van der Waals surface area contributed by atoms with E-state index >= 15 is 0 Å². The zero-order chi connectivity index (χ0) is 16.9. The largest absolute Gasteiger partial charge is 0.468 e. The number of hydrogen-bond donors (Lipinski definition) is 1. The molecular weight excluding hydrogens is 317 g/mol. The molecule has 3 nitrogen and oxygen atoms in total. The number of allylic oxidation sites excluding steroid dienone is 1. The van der Waals surface area contributed by atoms with Crippen LogP contribution in [0.15, 0.2) is 29.8 Å². The van der Waals surface area contributed by atoms with E-state index in [0.717, 1.165) is 19.2 Å². The molecule has 0 heterocycles. The number of methoxy groups -OCH3 is 1. The summed E-state index contributed by atoms with van der Waals surface area (Å²) in [4.78, 5) is 22.9. The first kappa shape index (κ1) is 18.3. The summed E-state index contributed by atoms with van der Waals surface area (Å²) in [5.74, 6) is -1.17. The normalized spacial score (nSPS) is 13.6. The maximum absolute atomic E-state index is 12.4. The minimum atomic E-state index is -4.38. The molecule has 0 saturated heterocycles. The number of ether oxygens (including phenoxy) is 1. The number of hydrogen-bond acceptors (Lipinski definition) is 4. The SMILES string of the molecule is COC(=O)C(S)C(=O)C/C(C)=C/c1ccc(C(F)(F)F)cc1. The first-order valence-electron chi connectivity index (χ1n) is 6.28. The molecule has 0 aliphatic heterocycles. The molecule has 1 atom stereocenters. The molecule has 1 aromatic rings. The summed E-state index contributed by atoms with van der Waals surface area (Å²) in [6, 6.07) is 4.57. The third kappa shape index (κ3) is 5.22. The number of benzene rings is 1. The van der Waals surface area contributed by atoms with E-state index < -0.39 is 28.7 Å². The average Bonchev–Trinajstić information content (AvgIpc) is 2.44. The number of rotatable bonds is 5. The number of carbonyl (C=O) groups excluding carboxylic acids is 2. The van der Waals surface area contributed by atoms with Crippen molar-refractivity contribution in [1.82, 2.24) is 0 Å². The van der Waals surface area contributed by atoms with E-state index in [1.54, 1.807) is 13.0 Å². The molecule has 22 heavy (non-hydrogen) atoms. The Labute approximate surface area is 131 Å². The highest BCUT2D eigenvalue weighted by Gasteiger charge is 2.29. The molecule has 0 fully saturated rings. The molecule has 1 aromatic carbocycles. The van der Waals surface area contributed by atoms with Crippen molar-refractivity contribution < 1.29 is 27.5 Å². The van der Waals surface area contributed by atoms with Crippen molar-refractivity contribution in [1.29, 1.82) is 0 Å². The van der Waals surface area contributed by atoms with Crippen molar-refractivity contribution in [3.63, 3.8) is 0 Å². The van der Waals surface area contributed by atoms with Gasteiger partial charge in [0.2, 0.25) is 0 Å². The van der Waals surface area contributed by atoms with E-state index in [-0.39, 0.29) is 6.42 Å². The Morgan fingerprint density at radius 3 is 2.27 bits per heavy atom. The maximum atomic E-state index is 12.4. The molecule has 0 aliphatic rings. The summed E-state index contributed by atoms with van der Waals surface area (Å²) >= 11 is 3.87. The van der Waals surface area contributed by atoms with Gasteiger partial charge in [0.25, 0.3) is 0 Å². The quantitative estimate of drug-likeness (QED) is 0.509. The summed E-state index contributed by atoms with van der Waals surface area (Å²) in [7, 11) is 1.16. The molecular formula is C15H15F3O3S. The minimum Gasteiger partial charge on any atom is -0.468 e. The average molecular weight is 332 g/mol. The monoisotopic (exact) mass is 332 g/mol. The van der Waals surface area contributed by atoms with Gasteiger partial charge < -0.3 is 4.74 Å².